The van der Waals surface area contributed by atoms with Crippen LogP contribution < -0.4 is 0 Å². The molecule has 7 nitrogen and oxygen atoms in total. The van der Waals surface area contributed by atoms with Gasteiger partial charge in [0.25, 0.3) is 0 Å². The number of hydrogen-bond acceptors (Lipinski definition) is 6. The van der Waals surface area contributed by atoms with Crippen molar-refractivity contribution < 1.29 is 4.52 Å². The summed E-state index contributed by atoms with van der Waals surface area (Å²) in [5.74, 6) is 2.50. The summed E-state index contributed by atoms with van der Waals surface area (Å²) in [7, 11) is 0. The first-order valence-corrected chi connectivity index (χ1v) is 9.60. The van der Waals surface area contributed by atoms with Gasteiger partial charge in [0.15, 0.2) is 0 Å². The molecule has 3 heterocycles. The SMILES string of the molecule is CC(C)(C)c1nc(SCc2nc(-c3cccc(-n4cccc4)c3)no2)n[nH]1. The summed E-state index contributed by atoms with van der Waals surface area (Å²) in [4.78, 5) is 9.01. The Bertz CT molecular complexity index is 1030. The van der Waals surface area contributed by atoms with Gasteiger partial charge < -0.3 is 9.09 Å². The molecule has 0 fully saturated rings. The van der Waals surface area contributed by atoms with E-state index in [1.807, 2.05) is 53.4 Å². The van der Waals surface area contributed by atoms with Crippen LogP contribution in [-0.2, 0) is 11.2 Å². The lowest BCUT2D eigenvalue weighted by molar-refractivity contribution is 0.391. The van der Waals surface area contributed by atoms with E-state index in [1.165, 1.54) is 11.8 Å². The lowest BCUT2D eigenvalue weighted by Crippen LogP contribution is -2.13. The molecule has 0 bridgehead atoms. The van der Waals surface area contributed by atoms with E-state index in [1.54, 1.807) is 0 Å². The highest BCUT2D eigenvalue weighted by molar-refractivity contribution is 7.98. The summed E-state index contributed by atoms with van der Waals surface area (Å²) in [5, 5.41) is 12.0. The Labute approximate surface area is 161 Å². The highest BCUT2D eigenvalue weighted by Gasteiger charge is 2.19. The van der Waals surface area contributed by atoms with Crippen LogP contribution in [-0.4, -0.2) is 29.9 Å². The molecule has 3 aromatic heterocycles. The van der Waals surface area contributed by atoms with Crippen molar-refractivity contribution in [2.75, 3.05) is 0 Å². The largest absolute Gasteiger partial charge is 0.338 e. The standard InChI is InChI=1S/C19H20N6OS/c1-19(2,3)17-21-18(23-22-17)27-12-15-20-16(24-26-15)13-7-6-8-14(11-13)25-9-4-5-10-25/h4-11H,12H2,1-3H3,(H,21,22,23). The second kappa shape index (κ2) is 7.03. The molecule has 1 aromatic carbocycles. The predicted octanol–water partition coefficient (Wildman–Crippen LogP) is 4.24. The van der Waals surface area contributed by atoms with Gasteiger partial charge in [-0.2, -0.15) is 4.98 Å². The Hall–Kier alpha value is -2.87. The maximum Gasteiger partial charge on any atom is 0.237 e. The smallest absolute Gasteiger partial charge is 0.237 e. The number of nitrogens with zero attached hydrogens (tertiary/aromatic N) is 5. The number of aromatic amines is 1. The minimum Gasteiger partial charge on any atom is -0.338 e. The van der Waals surface area contributed by atoms with Gasteiger partial charge >= 0.3 is 0 Å². The van der Waals surface area contributed by atoms with Crippen molar-refractivity contribution >= 4 is 11.8 Å². The fourth-order valence-electron chi connectivity index (χ4n) is 2.52. The van der Waals surface area contributed by atoms with Crippen LogP contribution in [0.15, 0.2) is 58.5 Å². The van der Waals surface area contributed by atoms with E-state index in [9.17, 15) is 0 Å². The van der Waals surface area contributed by atoms with E-state index in [2.05, 4.69) is 46.1 Å². The molecule has 0 amide bonds. The van der Waals surface area contributed by atoms with Crippen molar-refractivity contribution in [1.29, 1.82) is 0 Å². The number of rotatable bonds is 5. The average molecular weight is 380 g/mol. The molecule has 138 valence electrons. The van der Waals surface area contributed by atoms with Crippen LogP contribution in [0.25, 0.3) is 17.1 Å². The van der Waals surface area contributed by atoms with Gasteiger partial charge in [-0.1, -0.05) is 49.8 Å². The minimum absolute atomic E-state index is 0.0613. The highest BCUT2D eigenvalue weighted by atomic mass is 32.2. The van der Waals surface area contributed by atoms with E-state index in [4.69, 9.17) is 4.52 Å². The molecule has 4 aromatic rings. The number of H-pyrrole nitrogens is 1. The summed E-state index contributed by atoms with van der Waals surface area (Å²) in [6, 6.07) is 12.0. The van der Waals surface area contributed by atoms with Gasteiger partial charge in [-0.25, -0.2) is 4.98 Å². The molecule has 0 aliphatic carbocycles. The molecule has 0 saturated carbocycles. The molecule has 0 saturated heterocycles. The van der Waals surface area contributed by atoms with E-state index in [0.717, 1.165) is 17.1 Å². The molecule has 0 aliphatic rings. The molecular weight excluding hydrogens is 360 g/mol. The van der Waals surface area contributed by atoms with Crippen molar-refractivity contribution in [3.63, 3.8) is 0 Å². The number of aromatic nitrogens is 6. The van der Waals surface area contributed by atoms with Gasteiger partial charge in [0.2, 0.25) is 16.9 Å². The van der Waals surface area contributed by atoms with Gasteiger partial charge in [0.05, 0.1) is 5.75 Å². The number of benzene rings is 1. The summed E-state index contributed by atoms with van der Waals surface area (Å²) in [5.41, 5.74) is 1.90. The number of nitrogens with one attached hydrogen (secondary N) is 1. The second-order valence-corrected chi connectivity index (χ2v) is 8.10. The third-order valence-corrected chi connectivity index (χ3v) is 4.81. The summed E-state index contributed by atoms with van der Waals surface area (Å²) in [6.07, 6.45) is 4.00. The van der Waals surface area contributed by atoms with Gasteiger partial charge in [-0.05, 0) is 24.3 Å². The Morgan fingerprint density at radius 3 is 2.67 bits per heavy atom. The topological polar surface area (TPSA) is 85.4 Å². The van der Waals surface area contributed by atoms with Crippen molar-refractivity contribution in [2.24, 2.45) is 0 Å². The van der Waals surface area contributed by atoms with Crippen molar-refractivity contribution in [1.82, 2.24) is 29.9 Å². The van der Waals surface area contributed by atoms with Crippen LogP contribution in [0.2, 0.25) is 0 Å². The zero-order valence-corrected chi connectivity index (χ0v) is 16.2. The van der Waals surface area contributed by atoms with Crippen LogP contribution in [0.1, 0.15) is 32.5 Å². The van der Waals surface area contributed by atoms with Gasteiger partial charge in [0.1, 0.15) is 5.82 Å². The Kier molecular flexibility index (Phi) is 4.57. The van der Waals surface area contributed by atoms with E-state index < -0.39 is 0 Å². The summed E-state index contributed by atoms with van der Waals surface area (Å²) in [6.45, 7) is 6.27. The van der Waals surface area contributed by atoms with E-state index in [-0.39, 0.29) is 5.41 Å². The molecule has 1 N–H and O–H groups in total. The third-order valence-electron chi connectivity index (χ3n) is 3.98. The second-order valence-electron chi connectivity index (χ2n) is 7.16. The van der Waals surface area contributed by atoms with Crippen molar-refractivity contribution in [3.05, 3.63) is 60.5 Å². The predicted molar refractivity (Wildman–Crippen MR) is 104 cm³/mol. The fourth-order valence-corrected chi connectivity index (χ4v) is 3.15. The zero-order chi connectivity index (χ0) is 18.9. The monoisotopic (exact) mass is 380 g/mol. The van der Waals surface area contributed by atoms with Crippen LogP contribution in [0, 0.1) is 0 Å². The van der Waals surface area contributed by atoms with Crippen LogP contribution >= 0.6 is 11.8 Å². The van der Waals surface area contributed by atoms with Gasteiger partial charge in [0, 0.05) is 29.1 Å². The summed E-state index contributed by atoms with van der Waals surface area (Å²) < 4.78 is 7.43. The summed E-state index contributed by atoms with van der Waals surface area (Å²) >= 11 is 1.47. The Morgan fingerprint density at radius 1 is 1.11 bits per heavy atom. The number of thioether (sulfide) groups is 1. The van der Waals surface area contributed by atoms with Crippen molar-refractivity contribution in [2.45, 2.75) is 37.1 Å². The zero-order valence-electron chi connectivity index (χ0n) is 15.4. The highest BCUT2D eigenvalue weighted by Crippen LogP contribution is 2.25. The molecule has 27 heavy (non-hydrogen) atoms. The van der Waals surface area contributed by atoms with Crippen LogP contribution in [0.3, 0.4) is 0 Å². The molecule has 0 atom stereocenters. The fraction of sp³-hybridized carbons (Fsp3) is 0.263. The van der Waals surface area contributed by atoms with E-state index in [0.29, 0.717) is 22.6 Å². The molecular formula is C19H20N6OS. The van der Waals surface area contributed by atoms with Crippen LogP contribution in [0.5, 0.6) is 0 Å². The minimum atomic E-state index is -0.0613. The maximum absolute atomic E-state index is 5.39. The molecule has 0 radical (unpaired) electrons. The molecule has 0 unspecified atom stereocenters. The average Bonchev–Trinajstić information content (AvgIpc) is 3.41. The lowest BCUT2D eigenvalue weighted by atomic mass is 9.96. The lowest BCUT2D eigenvalue weighted by Gasteiger charge is -2.12. The first kappa shape index (κ1) is 17.5. The van der Waals surface area contributed by atoms with Gasteiger partial charge in [-0.3, -0.25) is 5.10 Å². The Morgan fingerprint density at radius 2 is 1.93 bits per heavy atom. The Balaban J connectivity index is 1.46. The first-order chi connectivity index (χ1) is 13.0. The van der Waals surface area contributed by atoms with Gasteiger partial charge in [-0.15, -0.1) is 5.10 Å². The van der Waals surface area contributed by atoms with Crippen LogP contribution in [0.4, 0.5) is 0 Å². The quantitative estimate of drug-likeness (QED) is 0.521. The third kappa shape index (κ3) is 3.95. The van der Waals surface area contributed by atoms with E-state index >= 15 is 0 Å². The molecule has 0 aliphatic heterocycles. The normalized spacial score (nSPS) is 11.8. The first-order valence-electron chi connectivity index (χ1n) is 8.61. The molecule has 4 rings (SSSR count). The molecule has 8 heteroatoms. The maximum atomic E-state index is 5.39. The van der Waals surface area contributed by atoms with Crippen molar-refractivity contribution in [3.8, 4) is 17.1 Å². The molecule has 0 spiro atoms. The number of hydrogen-bond donors (Lipinski definition) is 1.